The number of aryl methyl sites for hydroxylation is 1. The molecule has 4 nitrogen and oxygen atoms in total. The first-order chi connectivity index (χ1) is 8.82. The maximum absolute atomic E-state index is 12.4. The van der Waals surface area contributed by atoms with Gasteiger partial charge in [-0.3, -0.25) is 9.48 Å². The van der Waals surface area contributed by atoms with Crippen LogP contribution >= 0.6 is 11.6 Å². The molecular weight excluding hydrogens is 285 g/mol. The van der Waals surface area contributed by atoms with E-state index in [9.17, 15) is 18.0 Å². The van der Waals surface area contributed by atoms with E-state index >= 15 is 0 Å². The molecule has 0 aliphatic carbocycles. The standard InChI is InChI=1S/C11H12ClF3N2O2/c1-6-10(12)7(2)17(16-6)5-9(18)19-4-3-8(13)11(14)15/h3-5H2,1-2H3. The van der Waals surface area contributed by atoms with E-state index in [1.54, 1.807) is 13.8 Å². The normalized spacial score (nSPS) is 10.4. The van der Waals surface area contributed by atoms with Crippen LogP contribution < -0.4 is 0 Å². The van der Waals surface area contributed by atoms with Crippen molar-refractivity contribution in [1.82, 2.24) is 9.78 Å². The summed E-state index contributed by atoms with van der Waals surface area (Å²) in [5, 5.41) is 4.45. The molecule has 0 bridgehead atoms. The van der Waals surface area contributed by atoms with E-state index in [2.05, 4.69) is 9.84 Å². The Morgan fingerprint density at radius 2 is 2.00 bits per heavy atom. The first-order valence-electron chi connectivity index (χ1n) is 5.37. The lowest BCUT2D eigenvalue weighted by atomic mass is 10.4. The zero-order valence-electron chi connectivity index (χ0n) is 10.3. The summed E-state index contributed by atoms with van der Waals surface area (Å²) in [7, 11) is 0. The van der Waals surface area contributed by atoms with E-state index in [1.165, 1.54) is 4.68 Å². The summed E-state index contributed by atoms with van der Waals surface area (Å²) in [6, 6.07) is 0. The Hall–Kier alpha value is -1.50. The second-order valence-electron chi connectivity index (χ2n) is 3.78. The van der Waals surface area contributed by atoms with Gasteiger partial charge in [0.05, 0.1) is 23.0 Å². The van der Waals surface area contributed by atoms with Crippen molar-refractivity contribution < 1.29 is 22.7 Å². The zero-order chi connectivity index (χ0) is 14.6. The highest BCUT2D eigenvalue weighted by Gasteiger charge is 2.13. The van der Waals surface area contributed by atoms with Gasteiger partial charge in [-0.1, -0.05) is 11.6 Å². The number of aromatic nitrogens is 2. The van der Waals surface area contributed by atoms with Crippen molar-refractivity contribution in [2.75, 3.05) is 6.61 Å². The van der Waals surface area contributed by atoms with Gasteiger partial charge < -0.3 is 4.74 Å². The van der Waals surface area contributed by atoms with E-state index in [4.69, 9.17) is 11.6 Å². The van der Waals surface area contributed by atoms with Crippen LogP contribution in [0.2, 0.25) is 5.02 Å². The molecule has 0 fully saturated rings. The quantitative estimate of drug-likeness (QED) is 0.784. The third-order valence-electron chi connectivity index (χ3n) is 2.36. The summed E-state index contributed by atoms with van der Waals surface area (Å²) in [6.45, 7) is 2.70. The molecule has 1 aromatic rings. The van der Waals surface area contributed by atoms with Crippen LogP contribution in [0, 0.1) is 13.8 Å². The fraction of sp³-hybridized carbons (Fsp3) is 0.455. The molecule has 0 spiro atoms. The molecule has 0 aliphatic heterocycles. The van der Waals surface area contributed by atoms with Crippen LogP contribution in [0.1, 0.15) is 17.8 Å². The van der Waals surface area contributed by atoms with Gasteiger partial charge in [-0.15, -0.1) is 0 Å². The average molecular weight is 297 g/mol. The third-order valence-corrected chi connectivity index (χ3v) is 2.91. The molecule has 8 heteroatoms. The Kier molecular flexibility index (Phi) is 5.41. The number of carbonyl (C=O) groups is 1. The highest BCUT2D eigenvalue weighted by molar-refractivity contribution is 6.31. The van der Waals surface area contributed by atoms with E-state index in [1.807, 2.05) is 0 Å². The van der Waals surface area contributed by atoms with Crippen LogP contribution in [0.25, 0.3) is 0 Å². The lowest BCUT2D eigenvalue weighted by Crippen LogP contribution is -2.16. The van der Waals surface area contributed by atoms with Gasteiger partial charge in [-0.05, 0) is 13.8 Å². The summed E-state index contributed by atoms with van der Waals surface area (Å²) in [6.07, 6.45) is -3.05. The topological polar surface area (TPSA) is 44.1 Å². The third kappa shape index (κ3) is 4.27. The van der Waals surface area contributed by atoms with Crippen LogP contribution in [-0.2, 0) is 16.1 Å². The molecule has 0 aromatic carbocycles. The highest BCUT2D eigenvalue weighted by atomic mass is 35.5. The molecule has 0 saturated carbocycles. The Morgan fingerprint density at radius 1 is 1.37 bits per heavy atom. The minimum Gasteiger partial charge on any atom is -0.464 e. The van der Waals surface area contributed by atoms with E-state index in [0.717, 1.165) is 0 Å². The molecule has 1 heterocycles. The second kappa shape index (κ2) is 6.60. The summed E-state index contributed by atoms with van der Waals surface area (Å²) >= 11 is 5.89. The molecule has 106 valence electrons. The van der Waals surface area contributed by atoms with E-state index < -0.39 is 30.9 Å². The molecule has 0 saturated heterocycles. The second-order valence-corrected chi connectivity index (χ2v) is 4.16. The van der Waals surface area contributed by atoms with Gasteiger partial charge in [0.1, 0.15) is 6.54 Å². The van der Waals surface area contributed by atoms with Crippen LogP contribution in [0.4, 0.5) is 13.2 Å². The van der Waals surface area contributed by atoms with E-state index in [0.29, 0.717) is 16.4 Å². The molecule has 1 rings (SSSR count). The van der Waals surface area contributed by atoms with Crippen molar-refractivity contribution in [3.63, 3.8) is 0 Å². The Labute approximate surface area is 112 Å². The van der Waals surface area contributed by atoms with Gasteiger partial charge in [-0.2, -0.15) is 13.9 Å². The number of rotatable bonds is 5. The van der Waals surface area contributed by atoms with Crippen LogP contribution in [0.3, 0.4) is 0 Å². The van der Waals surface area contributed by atoms with Gasteiger partial charge in [0.2, 0.25) is 0 Å². The van der Waals surface area contributed by atoms with Crippen molar-refractivity contribution in [3.8, 4) is 0 Å². The predicted octanol–water partition coefficient (Wildman–Crippen LogP) is 3.16. The molecular formula is C11H12ClF3N2O2. The first kappa shape index (κ1) is 15.6. The molecule has 19 heavy (non-hydrogen) atoms. The first-order valence-corrected chi connectivity index (χ1v) is 5.75. The number of halogens is 4. The maximum Gasteiger partial charge on any atom is 0.327 e. The fourth-order valence-corrected chi connectivity index (χ4v) is 1.48. The Bertz CT molecular complexity index is 510. The largest absolute Gasteiger partial charge is 0.464 e. The van der Waals surface area contributed by atoms with Gasteiger partial charge in [0.25, 0.3) is 0 Å². The van der Waals surface area contributed by atoms with Crippen LogP contribution in [0.5, 0.6) is 0 Å². The Morgan fingerprint density at radius 3 is 2.47 bits per heavy atom. The van der Waals surface area contributed by atoms with Gasteiger partial charge >= 0.3 is 12.0 Å². The number of nitrogens with zero attached hydrogens (tertiary/aromatic N) is 2. The van der Waals surface area contributed by atoms with Gasteiger partial charge in [0, 0.05) is 6.42 Å². The highest BCUT2D eigenvalue weighted by Crippen LogP contribution is 2.18. The molecule has 0 atom stereocenters. The average Bonchev–Trinajstić information content (AvgIpc) is 2.56. The summed E-state index contributed by atoms with van der Waals surface area (Å²) < 4.78 is 41.9. The van der Waals surface area contributed by atoms with Gasteiger partial charge in [0.15, 0.2) is 5.83 Å². The summed E-state index contributed by atoms with van der Waals surface area (Å²) in [5.41, 5.74) is 1.16. The van der Waals surface area contributed by atoms with Crippen molar-refractivity contribution in [1.29, 1.82) is 0 Å². The molecule has 0 radical (unpaired) electrons. The van der Waals surface area contributed by atoms with Crippen LogP contribution in [0.15, 0.2) is 11.9 Å². The fourth-order valence-electron chi connectivity index (χ4n) is 1.35. The number of ether oxygens (including phenoxy) is 1. The van der Waals surface area contributed by atoms with E-state index in [-0.39, 0.29) is 6.54 Å². The maximum atomic E-state index is 12.4. The SMILES string of the molecule is Cc1nn(CC(=O)OCCC(F)=C(F)F)c(C)c1Cl. The molecule has 0 aliphatic rings. The van der Waals surface area contributed by atoms with Crippen molar-refractivity contribution in [3.05, 3.63) is 28.3 Å². The Balaban J connectivity index is 2.48. The van der Waals surface area contributed by atoms with Crippen molar-refractivity contribution in [2.45, 2.75) is 26.8 Å². The number of carbonyl (C=O) groups excluding carboxylic acids is 1. The minimum absolute atomic E-state index is 0.206. The molecule has 0 unspecified atom stereocenters. The number of hydrogen-bond acceptors (Lipinski definition) is 3. The number of hydrogen-bond donors (Lipinski definition) is 0. The molecule has 0 N–H and O–H groups in total. The van der Waals surface area contributed by atoms with Crippen molar-refractivity contribution in [2.24, 2.45) is 0 Å². The molecule has 0 amide bonds. The predicted molar refractivity (Wildman–Crippen MR) is 62.6 cm³/mol. The monoisotopic (exact) mass is 296 g/mol. The lowest BCUT2D eigenvalue weighted by Gasteiger charge is -2.05. The van der Waals surface area contributed by atoms with Crippen LogP contribution in [-0.4, -0.2) is 22.4 Å². The smallest absolute Gasteiger partial charge is 0.327 e. The van der Waals surface area contributed by atoms with Crippen molar-refractivity contribution >= 4 is 17.6 Å². The minimum atomic E-state index is -2.40. The summed E-state index contributed by atoms with van der Waals surface area (Å²) in [4.78, 5) is 11.4. The number of esters is 1. The lowest BCUT2D eigenvalue weighted by molar-refractivity contribution is -0.144. The molecule has 1 aromatic heterocycles. The van der Waals surface area contributed by atoms with Gasteiger partial charge in [-0.25, -0.2) is 4.39 Å². The summed E-state index contributed by atoms with van der Waals surface area (Å²) in [5.74, 6) is -2.28. The zero-order valence-corrected chi connectivity index (χ0v) is 11.1.